The van der Waals surface area contributed by atoms with Crippen LogP contribution >= 0.6 is 20.7 Å². The molecule has 0 unspecified atom stereocenters. The molecule has 1 aromatic heterocycles. The first-order valence-electron chi connectivity index (χ1n) is 4.08. The zero-order valence-corrected chi connectivity index (χ0v) is 9.23. The first-order valence-corrected chi connectivity index (χ1v) is 6.23. The number of nitrogens with zero attached hydrogens (tertiary/aromatic N) is 2. The number of nitrogens with one attached hydrogen (secondary N) is 1. The average Bonchev–Trinajstić information content (AvgIpc) is 2.61. The summed E-state index contributed by atoms with van der Waals surface area (Å²) in [7, 11) is 4.70. The normalized spacial score (nSPS) is 11.9. The van der Waals surface area contributed by atoms with Crippen molar-refractivity contribution in [1.29, 1.82) is 5.41 Å². The van der Waals surface area contributed by atoms with E-state index in [1.165, 1.54) is 20.7 Å². The Kier molecular flexibility index (Phi) is 2.60. The van der Waals surface area contributed by atoms with E-state index in [1.54, 1.807) is 7.05 Å². The van der Waals surface area contributed by atoms with Crippen molar-refractivity contribution in [1.82, 2.24) is 4.57 Å². The Bertz CT molecular complexity index is 533. The van der Waals surface area contributed by atoms with Crippen molar-refractivity contribution in [2.24, 2.45) is 4.99 Å². The van der Waals surface area contributed by atoms with Crippen LogP contribution in [0.5, 0.6) is 0 Å². The van der Waals surface area contributed by atoms with Gasteiger partial charge in [0, 0.05) is 7.05 Å². The second kappa shape index (κ2) is 3.89. The molecular formula is C9H9N3S2. The number of para-hydroxylation sites is 1. The molecule has 5 heteroatoms. The Morgan fingerprint density at radius 1 is 1.21 bits per heavy atom. The van der Waals surface area contributed by atoms with Gasteiger partial charge in [-0.15, -0.1) is 0 Å². The fraction of sp³-hybridized carbons (Fsp3) is 0.111. The molecule has 14 heavy (non-hydrogen) atoms. The van der Waals surface area contributed by atoms with Crippen LogP contribution in [0, 0.1) is 5.41 Å². The van der Waals surface area contributed by atoms with Gasteiger partial charge < -0.3 is 0 Å². The molecule has 0 aliphatic heterocycles. The second-order valence-electron chi connectivity index (χ2n) is 2.65. The highest BCUT2D eigenvalue weighted by Crippen LogP contribution is 2.03. The van der Waals surface area contributed by atoms with E-state index in [9.17, 15) is 0 Å². The summed E-state index contributed by atoms with van der Waals surface area (Å²) in [6.45, 7) is 0. The molecule has 0 bridgehead atoms. The van der Waals surface area contributed by atoms with Gasteiger partial charge >= 0.3 is 0 Å². The van der Waals surface area contributed by atoms with E-state index in [4.69, 9.17) is 5.41 Å². The number of hydrogen-bond acceptors (Lipinski definition) is 4. The molecular weight excluding hydrogens is 214 g/mol. The third kappa shape index (κ3) is 1.56. The fourth-order valence-electron chi connectivity index (χ4n) is 1.18. The molecule has 0 amide bonds. The van der Waals surface area contributed by atoms with Gasteiger partial charge in [0.15, 0.2) is 4.80 Å². The van der Waals surface area contributed by atoms with Gasteiger partial charge in [-0.2, -0.15) is 0 Å². The molecule has 1 heterocycles. The first kappa shape index (κ1) is 9.36. The van der Waals surface area contributed by atoms with Crippen molar-refractivity contribution in [3.8, 4) is 5.69 Å². The molecule has 0 fully saturated rings. The van der Waals surface area contributed by atoms with Crippen LogP contribution in [0.25, 0.3) is 5.69 Å². The Balaban J connectivity index is 2.74. The molecule has 0 saturated heterocycles. The highest BCUT2D eigenvalue weighted by atomic mass is 32.9. The lowest BCUT2D eigenvalue weighted by molar-refractivity contribution is 0.920. The van der Waals surface area contributed by atoms with Crippen molar-refractivity contribution in [3.63, 3.8) is 0 Å². The summed E-state index contributed by atoms with van der Waals surface area (Å²) in [5.41, 5.74) is 0.996. The van der Waals surface area contributed by atoms with Crippen LogP contribution in [-0.4, -0.2) is 11.6 Å². The highest BCUT2D eigenvalue weighted by Gasteiger charge is 2.00. The highest BCUT2D eigenvalue weighted by molar-refractivity contribution is 7.67. The van der Waals surface area contributed by atoms with Crippen molar-refractivity contribution in [2.45, 2.75) is 0 Å². The van der Waals surface area contributed by atoms with Crippen LogP contribution < -0.4 is 9.60 Å². The van der Waals surface area contributed by atoms with Crippen LogP contribution in [0.2, 0.25) is 0 Å². The molecule has 3 nitrogen and oxygen atoms in total. The molecule has 1 N–H and O–H groups in total. The van der Waals surface area contributed by atoms with Gasteiger partial charge in [-0.25, -0.2) is 0 Å². The summed E-state index contributed by atoms with van der Waals surface area (Å²) in [5, 5.41) is 7.76. The van der Waals surface area contributed by atoms with Crippen LogP contribution in [0.15, 0.2) is 35.3 Å². The van der Waals surface area contributed by atoms with E-state index in [2.05, 4.69) is 4.99 Å². The minimum absolute atomic E-state index is 0.516. The Morgan fingerprint density at radius 3 is 2.57 bits per heavy atom. The largest absolute Gasteiger partial charge is 0.274 e. The van der Waals surface area contributed by atoms with Gasteiger partial charge in [0.25, 0.3) is 0 Å². The molecule has 72 valence electrons. The van der Waals surface area contributed by atoms with Crippen LogP contribution in [0.4, 0.5) is 0 Å². The lowest BCUT2D eigenvalue weighted by atomic mass is 10.3. The topological polar surface area (TPSA) is 41.1 Å². The Hall–Kier alpha value is -1.20. The number of aromatic nitrogens is 1. The summed E-state index contributed by atoms with van der Waals surface area (Å²) >= 11 is 0. The molecule has 0 atom stereocenters. The predicted octanol–water partition coefficient (Wildman–Crippen LogP) is 1.61. The molecule has 0 radical (unpaired) electrons. The van der Waals surface area contributed by atoms with E-state index in [0.29, 0.717) is 4.80 Å². The number of hydrogen-bond donors (Lipinski definition) is 1. The first-order chi connectivity index (χ1) is 6.83. The van der Waals surface area contributed by atoms with Gasteiger partial charge in [-0.1, -0.05) is 18.2 Å². The van der Waals surface area contributed by atoms with E-state index >= 15 is 0 Å². The van der Waals surface area contributed by atoms with E-state index in [-0.39, 0.29) is 0 Å². The summed E-state index contributed by atoms with van der Waals surface area (Å²) in [4.78, 5) is 5.52. The molecule has 0 spiro atoms. The average molecular weight is 223 g/mol. The van der Waals surface area contributed by atoms with Crippen LogP contribution in [-0.2, 0) is 0 Å². The lowest BCUT2D eigenvalue weighted by Gasteiger charge is -1.99. The monoisotopic (exact) mass is 223 g/mol. The van der Waals surface area contributed by atoms with Crippen molar-refractivity contribution >= 4 is 20.7 Å². The maximum absolute atomic E-state index is 7.76. The second-order valence-corrected chi connectivity index (χ2v) is 4.73. The molecule has 2 aromatic rings. The quantitative estimate of drug-likeness (QED) is 0.714. The van der Waals surface area contributed by atoms with Gasteiger partial charge in [0.2, 0.25) is 4.80 Å². The molecule has 2 rings (SSSR count). The molecule has 0 aliphatic rings. The van der Waals surface area contributed by atoms with Crippen LogP contribution in [0.3, 0.4) is 0 Å². The molecule has 0 saturated carbocycles. The predicted molar refractivity (Wildman–Crippen MR) is 58.9 cm³/mol. The number of rotatable bonds is 1. The van der Waals surface area contributed by atoms with E-state index in [1.807, 2.05) is 34.9 Å². The Labute approximate surface area is 88.5 Å². The number of benzene rings is 1. The smallest absolute Gasteiger partial charge is 0.201 e. The minimum atomic E-state index is 0.516. The minimum Gasteiger partial charge on any atom is -0.274 e. The third-order valence-electron chi connectivity index (χ3n) is 1.80. The maximum atomic E-state index is 7.76. The van der Waals surface area contributed by atoms with Crippen molar-refractivity contribution in [2.75, 3.05) is 7.05 Å². The lowest BCUT2D eigenvalue weighted by Crippen LogP contribution is -2.22. The van der Waals surface area contributed by atoms with Crippen molar-refractivity contribution < 1.29 is 0 Å². The zero-order valence-electron chi connectivity index (χ0n) is 7.60. The van der Waals surface area contributed by atoms with Gasteiger partial charge in [-0.05, 0) is 32.8 Å². The summed E-state index contributed by atoms with van der Waals surface area (Å²) in [6, 6.07) is 9.84. The van der Waals surface area contributed by atoms with Gasteiger partial charge in [-0.3, -0.25) is 15.0 Å². The molecule has 0 aliphatic carbocycles. The van der Waals surface area contributed by atoms with Gasteiger partial charge in [0.05, 0.1) is 5.69 Å². The van der Waals surface area contributed by atoms with E-state index in [0.717, 1.165) is 10.5 Å². The van der Waals surface area contributed by atoms with Gasteiger partial charge in [0.1, 0.15) is 0 Å². The standard InChI is InChI=1S/C9H9N3S2/c1-11-9-12(8(10)13-14-9)7-5-3-2-4-6-7/h2-6,10H,1H3. The fourth-order valence-corrected chi connectivity index (χ4v) is 3.13. The Morgan fingerprint density at radius 2 is 1.93 bits per heavy atom. The summed E-state index contributed by atoms with van der Waals surface area (Å²) in [5.74, 6) is 0. The summed E-state index contributed by atoms with van der Waals surface area (Å²) < 4.78 is 1.84. The zero-order chi connectivity index (χ0) is 9.97. The maximum Gasteiger partial charge on any atom is 0.201 e. The van der Waals surface area contributed by atoms with Crippen molar-refractivity contribution in [3.05, 3.63) is 39.9 Å². The molecule has 1 aromatic carbocycles. The van der Waals surface area contributed by atoms with Crippen LogP contribution in [0.1, 0.15) is 0 Å². The third-order valence-corrected chi connectivity index (χ3v) is 3.90. The summed E-state index contributed by atoms with van der Waals surface area (Å²) in [6.07, 6.45) is 0. The SMILES string of the molecule is CN=c1ssc(=N)n1-c1ccccc1. The van der Waals surface area contributed by atoms with E-state index < -0.39 is 0 Å².